The fraction of sp³-hybridized carbons (Fsp3) is 0.500. The average molecular weight is 2080 g/mol. The maximum atomic E-state index is 12.1. The first-order valence-electron chi connectivity index (χ1n) is 43.7. The molecule has 0 amide bonds. The molecule has 35 nitrogen and oxygen atoms in total. The Labute approximate surface area is 810 Å². The minimum atomic E-state index is -4.74. The van der Waals surface area contributed by atoms with Gasteiger partial charge in [0.25, 0.3) is 0 Å². The lowest BCUT2D eigenvalue weighted by molar-refractivity contribution is -0.157. The Hall–Kier alpha value is -9.03. The molecule has 0 N–H and O–H groups in total. The summed E-state index contributed by atoms with van der Waals surface area (Å²) in [5.74, 6) is -3.31. The molecule has 137 heavy (non-hydrogen) atoms. The van der Waals surface area contributed by atoms with Crippen LogP contribution >= 0.6 is 0 Å². The van der Waals surface area contributed by atoms with Crippen molar-refractivity contribution < 1.29 is 156 Å². The normalized spacial score (nSPS) is 13.3. The van der Waals surface area contributed by atoms with Gasteiger partial charge in [0.2, 0.25) is 0 Å². The van der Waals surface area contributed by atoms with Gasteiger partial charge in [-0.05, 0) is 253 Å². The topological polar surface area (TPSA) is 598 Å². The monoisotopic (exact) mass is 2070 g/mol. The van der Waals surface area contributed by atoms with Gasteiger partial charge in [0.05, 0.1) is 115 Å². The van der Waals surface area contributed by atoms with Crippen molar-refractivity contribution in [2.24, 2.45) is 22.7 Å². The molecule has 0 aromatic heterocycles. The standard InChI is InChI=1S/C19H24O4S.C17H18O5S.C12H18O3S.2C10H14O3S.C9H16O7S.C9H18O5S.C8H16O5S/c1-3-15(2)17-8-10-18(11-9-17)23-14-4-5-16-6-12-19(13-7-16)24(20,21)22;1-3-12(2)13-8-10-14(11-9-13)22-17(18)15-6-4-5-7-16(15)23(19,20)21;1-5-8(2)11-6-9(3)12(10(4)7-11)16(13,14)15;1-3-8(2)9-4-6-10(7-5-9)14(11,12)13;1-3-8(2)9-5-4-6-10(7-9)14(11,12)13;1-6(8(10)15-3)7(2)9(11)16-4-5-17(12,13)14;1-4-9(2,3)8(10)14-6-5-7-15(11,12)13;1-4-8(2,3)7(9)13-5-6-14(10,11)12/h6-13,15H,3-5,14H2,1-2H3,(H,20,21,22);4-12H,3H2,1-2H3,(H,19,20,21);6-8H,5H2,1-4H3,(H,13,14,15);2*4-8H,3H2,1-2H3,(H,11,12,13);6-7H,4-5H2,1-3H3,(H,12,13,14);4-7H2,1-3H3,(H,11,12,13);4-6H2,1-3H3,(H,10,11,12)/p-8. The van der Waals surface area contributed by atoms with E-state index in [1.807, 2.05) is 58.0 Å². The van der Waals surface area contributed by atoms with Crippen molar-refractivity contribution in [1.29, 1.82) is 0 Å². The fourth-order valence-electron chi connectivity index (χ4n) is 11.1. The van der Waals surface area contributed by atoms with Gasteiger partial charge in [0.15, 0.2) is 0 Å². The second-order valence-corrected chi connectivity index (χ2v) is 44.6. The molecule has 0 aliphatic rings. The number of carbonyl (C=O) groups excluding carboxylic acids is 5. The molecule has 7 aromatic rings. The van der Waals surface area contributed by atoms with E-state index in [2.05, 4.69) is 81.7 Å². The molecule has 43 heteroatoms. The second kappa shape index (κ2) is 59.5. The van der Waals surface area contributed by atoms with Gasteiger partial charge >= 0.3 is 29.8 Å². The van der Waals surface area contributed by atoms with Gasteiger partial charge in [0.1, 0.15) is 75.3 Å². The molecule has 0 saturated heterocycles. The highest BCUT2D eigenvalue weighted by atomic mass is 32.2. The van der Waals surface area contributed by atoms with Crippen molar-refractivity contribution in [3.8, 4) is 11.5 Å². The Kier molecular flexibility index (Phi) is 55.6. The van der Waals surface area contributed by atoms with Crippen LogP contribution in [-0.2, 0) is 125 Å². The van der Waals surface area contributed by atoms with Gasteiger partial charge in [-0.15, -0.1) is 0 Å². The number of ether oxygens (including phenoxy) is 6. The lowest BCUT2D eigenvalue weighted by Crippen LogP contribution is -2.29. The number of benzene rings is 7. The first-order valence-corrected chi connectivity index (χ1v) is 55.5. The number of rotatable bonds is 39. The smallest absolute Gasteiger partial charge is 0.344 e. The molecule has 0 saturated carbocycles. The van der Waals surface area contributed by atoms with E-state index in [0.717, 1.165) is 84.6 Å². The Morgan fingerprint density at radius 1 is 0.350 bits per heavy atom. The molecular weight excluding hydrogens is 1950 g/mol. The van der Waals surface area contributed by atoms with Crippen LogP contribution in [0, 0.1) is 36.5 Å². The lowest BCUT2D eigenvalue weighted by atomic mass is 9.91. The summed E-state index contributed by atoms with van der Waals surface area (Å²) in [6.45, 7) is 37.4. The molecule has 7 unspecified atom stereocenters. The van der Waals surface area contributed by atoms with Crippen LogP contribution in [0.4, 0.5) is 0 Å². The molecule has 0 aliphatic carbocycles. The van der Waals surface area contributed by atoms with Gasteiger partial charge in [-0.3, -0.25) is 19.2 Å². The van der Waals surface area contributed by atoms with E-state index in [4.69, 9.17) is 14.2 Å². The number of aryl methyl sites for hydroxylation is 3. The van der Waals surface area contributed by atoms with Crippen LogP contribution in [0.25, 0.3) is 0 Å². The first-order chi connectivity index (χ1) is 62.9. The molecule has 0 heterocycles. The Balaban J connectivity index is 0.00000156. The summed E-state index contributed by atoms with van der Waals surface area (Å²) in [5.41, 5.74) is 6.09. The predicted octanol–water partition coefficient (Wildman–Crippen LogP) is 15.3. The van der Waals surface area contributed by atoms with Crippen molar-refractivity contribution in [3.63, 3.8) is 0 Å². The van der Waals surface area contributed by atoms with Crippen molar-refractivity contribution in [2.75, 3.05) is 50.8 Å². The Morgan fingerprint density at radius 2 is 0.715 bits per heavy atom. The highest BCUT2D eigenvalue weighted by molar-refractivity contribution is 7.87. The molecular formula is C94H130O35S8-8. The van der Waals surface area contributed by atoms with Crippen LogP contribution in [-0.4, -0.2) is 184 Å². The first kappa shape index (κ1) is 128. The largest absolute Gasteiger partial charge is 0.748 e. The Morgan fingerprint density at radius 3 is 1.09 bits per heavy atom. The molecule has 7 rings (SSSR count). The van der Waals surface area contributed by atoms with Gasteiger partial charge in [-0.1, -0.05) is 182 Å². The van der Waals surface area contributed by atoms with E-state index in [1.54, 1.807) is 96.1 Å². The van der Waals surface area contributed by atoms with Crippen LogP contribution < -0.4 is 9.47 Å². The molecule has 772 valence electrons. The summed E-state index contributed by atoms with van der Waals surface area (Å²) in [6, 6.07) is 42.4. The lowest BCUT2D eigenvalue weighted by Gasteiger charge is -2.20. The Bertz CT molecular complexity index is 5910. The summed E-state index contributed by atoms with van der Waals surface area (Å²) in [5, 5.41) is 0. The van der Waals surface area contributed by atoms with Crippen LogP contribution in [0.1, 0.15) is 267 Å². The minimum Gasteiger partial charge on any atom is -0.748 e. The minimum absolute atomic E-state index is 0.0241. The van der Waals surface area contributed by atoms with Crippen LogP contribution in [0.3, 0.4) is 0 Å². The highest BCUT2D eigenvalue weighted by Crippen LogP contribution is 2.31. The summed E-state index contributed by atoms with van der Waals surface area (Å²) < 4.78 is 285. The molecule has 0 spiro atoms. The zero-order chi connectivity index (χ0) is 106. The maximum Gasteiger partial charge on any atom is 0.344 e. The van der Waals surface area contributed by atoms with Gasteiger partial charge in [-0.25, -0.2) is 72.1 Å². The van der Waals surface area contributed by atoms with Crippen LogP contribution in [0.5, 0.6) is 11.5 Å². The third-order valence-corrected chi connectivity index (χ3v) is 28.6. The number of carbonyl (C=O) groups is 5. The van der Waals surface area contributed by atoms with Crippen LogP contribution in [0.2, 0.25) is 0 Å². The zero-order valence-electron chi connectivity index (χ0n) is 81.1. The van der Waals surface area contributed by atoms with Crippen LogP contribution in [0.15, 0.2) is 182 Å². The van der Waals surface area contributed by atoms with Crippen molar-refractivity contribution in [2.45, 2.75) is 257 Å². The molecule has 0 fully saturated rings. The van der Waals surface area contributed by atoms with E-state index in [0.29, 0.717) is 60.0 Å². The number of esters is 5. The summed E-state index contributed by atoms with van der Waals surface area (Å²) in [7, 11) is -33.8. The molecule has 0 bridgehead atoms. The summed E-state index contributed by atoms with van der Waals surface area (Å²) in [6.07, 6.45) is 7.88. The van der Waals surface area contributed by atoms with E-state index >= 15 is 0 Å². The third kappa shape index (κ3) is 51.1. The second-order valence-electron chi connectivity index (χ2n) is 33.2. The molecule has 0 radical (unpaired) electrons. The molecule has 7 atom stereocenters. The van der Waals surface area contributed by atoms with Gasteiger partial charge < -0.3 is 64.8 Å². The summed E-state index contributed by atoms with van der Waals surface area (Å²) >= 11 is 0. The van der Waals surface area contributed by atoms with Crippen molar-refractivity contribution in [1.82, 2.24) is 0 Å². The third-order valence-electron chi connectivity index (χ3n) is 21.9. The van der Waals surface area contributed by atoms with Gasteiger partial charge in [0, 0.05) is 5.75 Å². The maximum absolute atomic E-state index is 12.1. The highest BCUT2D eigenvalue weighted by Gasteiger charge is 2.30. The fourth-order valence-corrected chi connectivity index (χ4v) is 15.2. The summed E-state index contributed by atoms with van der Waals surface area (Å²) in [4.78, 5) is 56.1. The SMILES string of the molecule is CCC(C)(C)C(=O)OCCCS(=O)(=O)[O-].CCC(C)(C)C(=O)OCCS(=O)(=O)[O-].CCC(C)c1cc(C)c(S(=O)(=O)[O-])c(C)c1.CCC(C)c1ccc(OC(=O)c2ccccc2S(=O)(=O)[O-])cc1.CCC(C)c1ccc(OCCCc2ccc(S(=O)(=O)[O-])cc2)cc1.CCC(C)c1ccc(S(=O)(=O)[O-])cc1.CCC(C)c1cccc(S(=O)(=O)[O-])c1.COC(=O)C(C)C(C)C(=O)OCCS(=O)(=O)[O-]. The number of hydrogen-bond donors (Lipinski definition) is 0. The van der Waals surface area contributed by atoms with E-state index < -0.39 is 156 Å². The van der Waals surface area contributed by atoms with Gasteiger partial charge in [-0.2, -0.15) is 0 Å². The number of methoxy groups -OCH3 is 1. The van der Waals surface area contributed by atoms with Crippen molar-refractivity contribution >= 4 is 111 Å². The van der Waals surface area contributed by atoms with E-state index in [9.17, 15) is 128 Å². The molecule has 0 aliphatic heterocycles. The predicted molar refractivity (Wildman–Crippen MR) is 506 cm³/mol. The average Bonchev–Trinajstić information content (AvgIpc) is 1.10. The van der Waals surface area contributed by atoms with E-state index in [1.165, 1.54) is 81.1 Å². The number of hydrogen-bond acceptors (Lipinski definition) is 35. The van der Waals surface area contributed by atoms with Crippen molar-refractivity contribution in [3.05, 3.63) is 208 Å². The van der Waals surface area contributed by atoms with E-state index in [-0.39, 0.29) is 56.7 Å². The zero-order valence-corrected chi connectivity index (χ0v) is 87.7. The quantitative estimate of drug-likeness (QED) is 0.0113. The molecule has 7 aromatic carbocycles.